The molecule has 0 unspecified atom stereocenters. The summed E-state index contributed by atoms with van der Waals surface area (Å²) >= 11 is 5.00. The van der Waals surface area contributed by atoms with Gasteiger partial charge in [0.15, 0.2) is 17.3 Å². The number of hydrogen-bond donors (Lipinski definition) is 2. The van der Waals surface area contributed by atoms with Gasteiger partial charge < -0.3 is 19.8 Å². The number of phenols is 1. The number of piperidine rings is 1. The Morgan fingerprint density at radius 2 is 2.14 bits per heavy atom. The molecular weight excluding hydrogens is 556 g/mol. The Morgan fingerprint density at radius 3 is 2.86 bits per heavy atom. The number of benzene rings is 1. The lowest BCUT2D eigenvalue weighted by Gasteiger charge is -2.63. The van der Waals surface area contributed by atoms with Crippen LogP contribution in [0.5, 0.6) is 11.5 Å². The van der Waals surface area contributed by atoms with E-state index in [2.05, 4.69) is 20.8 Å². The number of likely N-dealkylation sites (N-methyl/N-ethyl adjacent to an activating group) is 1. The number of aromatic hydroxyl groups is 1. The number of ketones is 1. The number of phenolic OH excluding ortho intramolecular Hbond substituents is 1. The van der Waals surface area contributed by atoms with Crippen LogP contribution in [0.15, 0.2) is 34.1 Å². The number of carbonyl (C=O) groups excluding carboxylic acids is 2. The molecule has 2 bridgehead atoms. The summed E-state index contributed by atoms with van der Waals surface area (Å²) in [6, 6.07) is 4.24. The molecule has 1 amide bonds. The predicted molar refractivity (Wildman–Crippen MR) is 143 cm³/mol. The number of carbonyl (C=O) groups is 2. The van der Waals surface area contributed by atoms with E-state index in [0.717, 1.165) is 15.9 Å². The van der Waals surface area contributed by atoms with Crippen molar-refractivity contribution in [3.63, 3.8) is 0 Å². The summed E-state index contributed by atoms with van der Waals surface area (Å²) in [6.45, 7) is 1.51. The fourth-order valence-electron chi connectivity index (χ4n) is 7.54. The summed E-state index contributed by atoms with van der Waals surface area (Å²) in [6.07, 6.45) is 6.70. The molecule has 7 nitrogen and oxygen atoms in total. The smallest absolute Gasteiger partial charge is 0.246 e. The van der Waals surface area contributed by atoms with Gasteiger partial charge in [0.05, 0.1) is 11.5 Å². The van der Waals surface area contributed by atoms with Crippen molar-refractivity contribution in [1.29, 1.82) is 0 Å². The lowest BCUT2D eigenvalue weighted by Crippen LogP contribution is -2.79. The van der Waals surface area contributed by atoms with Gasteiger partial charge in [0.2, 0.25) is 5.91 Å². The van der Waals surface area contributed by atoms with Crippen LogP contribution >= 0.6 is 27.3 Å². The van der Waals surface area contributed by atoms with Gasteiger partial charge in [0.1, 0.15) is 17.7 Å². The molecule has 37 heavy (non-hydrogen) atoms. The first-order valence-corrected chi connectivity index (χ1v) is 14.6. The van der Waals surface area contributed by atoms with Gasteiger partial charge in [0.25, 0.3) is 0 Å². The molecule has 2 N–H and O–H groups in total. The Bertz CT molecular complexity index is 1350. The molecule has 7 rings (SSSR count). The average Bonchev–Trinajstić information content (AvgIpc) is 3.48. The highest BCUT2D eigenvalue weighted by Crippen LogP contribution is 2.66. The molecule has 2 aliphatic heterocycles. The second-order valence-electron chi connectivity index (χ2n) is 11.3. The zero-order valence-electron chi connectivity index (χ0n) is 20.5. The highest BCUT2D eigenvalue weighted by atomic mass is 79.9. The molecule has 2 saturated carbocycles. The fourth-order valence-corrected chi connectivity index (χ4v) is 8.88. The summed E-state index contributed by atoms with van der Waals surface area (Å²) in [4.78, 5) is 32.1. The number of amides is 1. The first-order valence-electron chi connectivity index (χ1n) is 13.0. The minimum absolute atomic E-state index is 0.0209. The van der Waals surface area contributed by atoms with Crippen molar-refractivity contribution in [2.45, 2.75) is 61.3 Å². The van der Waals surface area contributed by atoms with Gasteiger partial charge in [-0.05, 0) is 78.2 Å². The average molecular weight is 586 g/mol. The van der Waals surface area contributed by atoms with Gasteiger partial charge >= 0.3 is 0 Å². The minimum Gasteiger partial charge on any atom is -0.504 e. The van der Waals surface area contributed by atoms with Crippen molar-refractivity contribution < 1.29 is 24.5 Å². The highest BCUT2D eigenvalue weighted by molar-refractivity contribution is 9.10. The van der Waals surface area contributed by atoms with Gasteiger partial charge in [-0.2, -0.15) is 0 Å². The van der Waals surface area contributed by atoms with Gasteiger partial charge in [0, 0.05) is 52.1 Å². The van der Waals surface area contributed by atoms with Gasteiger partial charge in [-0.15, -0.1) is 11.3 Å². The van der Waals surface area contributed by atoms with Crippen molar-refractivity contribution in [1.82, 2.24) is 9.80 Å². The molecule has 3 aliphatic carbocycles. The molecule has 9 heteroatoms. The van der Waals surface area contributed by atoms with E-state index in [0.29, 0.717) is 48.6 Å². The summed E-state index contributed by atoms with van der Waals surface area (Å²) in [5.41, 5.74) is -0.970. The highest BCUT2D eigenvalue weighted by Gasteiger charge is 2.75. The lowest BCUT2D eigenvalue weighted by molar-refractivity contribution is -0.187. The third-order valence-electron chi connectivity index (χ3n) is 9.39. The number of hydrogen-bond acceptors (Lipinski definition) is 7. The van der Waals surface area contributed by atoms with E-state index in [9.17, 15) is 19.8 Å². The fraction of sp³-hybridized carbons (Fsp3) is 0.500. The van der Waals surface area contributed by atoms with E-state index < -0.39 is 23.2 Å². The maximum absolute atomic E-state index is 13.9. The molecule has 194 valence electrons. The summed E-state index contributed by atoms with van der Waals surface area (Å²) < 4.78 is 7.48. The van der Waals surface area contributed by atoms with Crippen molar-refractivity contribution >= 4 is 45.0 Å². The molecule has 0 radical (unpaired) electrons. The largest absolute Gasteiger partial charge is 0.504 e. The van der Waals surface area contributed by atoms with E-state index in [1.165, 1.54) is 18.9 Å². The van der Waals surface area contributed by atoms with Gasteiger partial charge in [-0.25, -0.2) is 0 Å². The summed E-state index contributed by atoms with van der Waals surface area (Å²) in [5, 5.41) is 25.3. The molecule has 1 aromatic carbocycles. The standard InChI is InChI=1S/C28H29BrN2O5S/c1-30(21(33)7-4-17-12-16(29)14-37-17)19-8-9-28(35)25-23(34)18-5-6-20(32)24-22(18)27(28,26(19)36-24)10-11-31(25)13-15-2-3-15/h4-7,12,14-15,19,25-26,32,35H,2-3,8-11,13H2,1H3/b7-4+/t19-,25-,26+,27+,28-/m1/s1. The van der Waals surface area contributed by atoms with E-state index in [1.54, 1.807) is 35.4 Å². The van der Waals surface area contributed by atoms with E-state index in [-0.39, 0.29) is 23.5 Å². The third kappa shape index (κ3) is 3.23. The van der Waals surface area contributed by atoms with E-state index in [1.807, 2.05) is 17.5 Å². The maximum Gasteiger partial charge on any atom is 0.246 e. The predicted octanol–water partition coefficient (Wildman–Crippen LogP) is 3.96. The lowest BCUT2D eigenvalue weighted by atomic mass is 9.48. The van der Waals surface area contributed by atoms with Crippen LogP contribution in [0.3, 0.4) is 0 Å². The third-order valence-corrected chi connectivity index (χ3v) is 11.1. The molecule has 5 atom stereocenters. The topological polar surface area (TPSA) is 90.3 Å². The second-order valence-corrected chi connectivity index (χ2v) is 13.1. The van der Waals surface area contributed by atoms with E-state index >= 15 is 0 Å². The van der Waals surface area contributed by atoms with Crippen LogP contribution in [-0.4, -0.2) is 75.6 Å². The molecule has 5 aliphatic rings. The van der Waals surface area contributed by atoms with Gasteiger partial charge in [-0.3, -0.25) is 14.5 Å². The van der Waals surface area contributed by atoms with Gasteiger partial charge in [-0.1, -0.05) is 0 Å². The normalized spacial score (nSPS) is 33.9. The van der Waals surface area contributed by atoms with Crippen molar-refractivity contribution in [3.05, 3.63) is 50.1 Å². The number of nitrogens with zero attached hydrogens (tertiary/aromatic N) is 2. The number of halogens is 1. The monoisotopic (exact) mass is 584 g/mol. The zero-order chi connectivity index (χ0) is 25.7. The minimum atomic E-state index is -1.31. The first kappa shape index (κ1) is 23.9. The van der Waals surface area contributed by atoms with Crippen molar-refractivity contribution in [2.24, 2.45) is 5.92 Å². The molecule has 1 aromatic heterocycles. The first-order chi connectivity index (χ1) is 17.7. The summed E-state index contributed by atoms with van der Waals surface area (Å²) in [5.74, 6) is 0.651. The Hall–Kier alpha value is -2.20. The molecular formula is C28H29BrN2O5S. The Morgan fingerprint density at radius 1 is 1.32 bits per heavy atom. The van der Waals surface area contributed by atoms with Crippen LogP contribution < -0.4 is 4.74 Å². The number of rotatable bonds is 5. The molecule has 3 fully saturated rings. The number of ether oxygens (including phenoxy) is 1. The van der Waals surface area contributed by atoms with Crippen LogP contribution in [0.2, 0.25) is 0 Å². The molecule has 3 heterocycles. The van der Waals surface area contributed by atoms with Crippen LogP contribution in [0.4, 0.5) is 0 Å². The molecule has 1 saturated heterocycles. The Balaban J connectivity index is 1.29. The number of aliphatic hydroxyl groups is 1. The molecule has 1 spiro atoms. The van der Waals surface area contributed by atoms with E-state index in [4.69, 9.17) is 4.74 Å². The Kier molecular flexibility index (Phi) is 5.26. The van der Waals surface area contributed by atoms with Crippen LogP contribution in [0, 0.1) is 5.92 Å². The molecule has 2 aromatic rings. The number of thiophene rings is 1. The maximum atomic E-state index is 13.9. The number of Topliss-reactive ketones (excluding diaryl/α,β-unsaturated/α-hetero) is 1. The zero-order valence-corrected chi connectivity index (χ0v) is 22.9. The van der Waals surface area contributed by atoms with Crippen LogP contribution in [0.25, 0.3) is 6.08 Å². The van der Waals surface area contributed by atoms with Crippen LogP contribution in [0.1, 0.15) is 52.9 Å². The number of likely N-dealkylation sites (tertiary alicyclic amines) is 1. The second kappa shape index (κ2) is 8.15. The SMILES string of the molecule is CN(C(=O)/C=C/c1cc(Br)cs1)[C@@H]1CC[C@@]2(O)[C@H]3C(=O)c4ccc(O)c5c4[C@@]2(CCN3CC2CC2)[C@H]1O5. The van der Waals surface area contributed by atoms with Crippen LogP contribution in [-0.2, 0) is 10.2 Å². The quantitative estimate of drug-likeness (QED) is 0.517. The summed E-state index contributed by atoms with van der Waals surface area (Å²) in [7, 11) is 1.78. The van der Waals surface area contributed by atoms with Crippen molar-refractivity contribution in [3.8, 4) is 11.5 Å². The van der Waals surface area contributed by atoms with Crippen molar-refractivity contribution in [2.75, 3.05) is 20.1 Å². The Labute approximate surface area is 227 Å².